The Morgan fingerprint density at radius 2 is 1.88 bits per heavy atom. The van der Waals surface area contributed by atoms with E-state index >= 15 is 0 Å². The van der Waals surface area contributed by atoms with Crippen molar-refractivity contribution >= 4 is 15.9 Å². The Kier molecular flexibility index (Phi) is 4.53. The zero-order chi connectivity index (χ0) is 18.2. The molecule has 1 aromatic heterocycles. The molecule has 0 saturated carbocycles. The third kappa shape index (κ3) is 3.24. The molecule has 0 unspecified atom stereocenters. The predicted molar refractivity (Wildman–Crippen MR) is 88.7 cm³/mol. The summed E-state index contributed by atoms with van der Waals surface area (Å²) < 4.78 is 31.8. The molecule has 2 aromatic rings. The zero-order valence-electron chi connectivity index (χ0n) is 14.0. The van der Waals surface area contributed by atoms with Crippen molar-refractivity contribution in [2.24, 2.45) is 0 Å². The Morgan fingerprint density at radius 1 is 1.20 bits per heavy atom. The molecule has 0 radical (unpaired) electrons. The number of amides is 1. The number of benzene rings is 1. The van der Waals surface area contributed by atoms with Gasteiger partial charge < -0.3 is 14.5 Å². The first-order valence-corrected chi connectivity index (χ1v) is 9.26. The van der Waals surface area contributed by atoms with Gasteiger partial charge in [-0.1, -0.05) is 11.2 Å². The molecular formula is C16H19N3O5S. The van der Waals surface area contributed by atoms with E-state index in [4.69, 9.17) is 4.52 Å². The van der Waals surface area contributed by atoms with E-state index in [1.54, 1.807) is 30.9 Å². The van der Waals surface area contributed by atoms with Crippen LogP contribution in [0.3, 0.4) is 0 Å². The van der Waals surface area contributed by atoms with E-state index < -0.39 is 10.0 Å². The summed E-state index contributed by atoms with van der Waals surface area (Å²) >= 11 is 0. The van der Waals surface area contributed by atoms with E-state index in [0.29, 0.717) is 11.3 Å². The number of hydrogen-bond donors (Lipinski definition) is 1. The number of hydrogen-bond acceptors (Lipinski definition) is 6. The molecule has 1 saturated heterocycles. The maximum absolute atomic E-state index is 12.8. The summed E-state index contributed by atoms with van der Waals surface area (Å²) in [6.07, 6.45) is 0. The normalized spacial score (nSPS) is 16.2. The largest absolute Gasteiger partial charge is 0.508 e. The van der Waals surface area contributed by atoms with Crippen molar-refractivity contribution in [3.05, 3.63) is 41.3 Å². The number of aryl methyl sites for hydroxylation is 2. The van der Waals surface area contributed by atoms with E-state index in [9.17, 15) is 18.3 Å². The highest BCUT2D eigenvalue weighted by Gasteiger charge is 2.34. The molecule has 0 spiro atoms. The maximum atomic E-state index is 12.8. The fourth-order valence-corrected chi connectivity index (χ4v) is 4.64. The number of aromatic nitrogens is 1. The molecule has 3 rings (SSSR count). The van der Waals surface area contributed by atoms with E-state index in [-0.39, 0.29) is 48.5 Å². The fourth-order valence-electron chi connectivity index (χ4n) is 2.93. The lowest BCUT2D eigenvalue weighted by Crippen LogP contribution is -2.50. The van der Waals surface area contributed by atoms with Crippen LogP contribution < -0.4 is 0 Å². The molecule has 134 valence electrons. The number of sulfonamides is 1. The summed E-state index contributed by atoms with van der Waals surface area (Å²) in [5.41, 5.74) is 0.706. The van der Waals surface area contributed by atoms with Crippen molar-refractivity contribution in [2.75, 3.05) is 26.2 Å². The van der Waals surface area contributed by atoms with Gasteiger partial charge in [0.25, 0.3) is 5.91 Å². The number of nitrogens with zero attached hydrogens (tertiary/aromatic N) is 3. The van der Waals surface area contributed by atoms with Gasteiger partial charge in [0.05, 0.1) is 0 Å². The second-order valence-corrected chi connectivity index (χ2v) is 7.77. The fraction of sp³-hybridized carbons (Fsp3) is 0.375. The average Bonchev–Trinajstić information content (AvgIpc) is 2.93. The molecule has 1 aromatic carbocycles. The van der Waals surface area contributed by atoms with E-state index in [2.05, 4.69) is 5.16 Å². The van der Waals surface area contributed by atoms with Gasteiger partial charge in [-0.2, -0.15) is 4.31 Å². The molecule has 1 aliphatic rings. The highest BCUT2D eigenvalue weighted by molar-refractivity contribution is 7.89. The quantitative estimate of drug-likeness (QED) is 0.875. The third-order valence-corrected chi connectivity index (χ3v) is 6.33. The molecule has 1 fully saturated rings. The number of rotatable bonds is 3. The Balaban J connectivity index is 1.73. The second-order valence-electron chi connectivity index (χ2n) is 5.90. The van der Waals surface area contributed by atoms with Crippen LogP contribution in [0.1, 0.15) is 21.8 Å². The number of aromatic hydroxyl groups is 1. The zero-order valence-corrected chi connectivity index (χ0v) is 14.8. The maximum Gasteiger partial charge on any atom is 0.254 e. The number of piperazine rings is 1. The number of phenolic OH excluding ortho intramolecular Hbond substituents is 1. The predicted octanol–water partition coefficient (Wildman–Crippen LogP) is 1.14. The van der Waals surface area contributed by atoms with Crippen molar-refractivity contribution in [1.82, 2.24) is 14.4 Å². The van der Waals surface area contributed by atoms with Crippen molar-refractivity contribution in [3.8, 4) is 5.75 Å². The van der Waals surface area contributed by atoms with Crippen LogP contribution in [0.2, 0.25) is 0 Å². The van der Waals surface area contributed by atoms with Gasteiger partial charge in [-0.25, -0.2) is 8.42 Å². The van der Waals surface area contributed by atoms with Crippen molar-refractivity contribution in [3.63, 3.8) is 0 Å². The minimum atomic E-state index is -3.70. The first-order valence-electron chi connectivity index (χ1n) is 7.82. The van der Waals surface area contributed by atoms with Gasteiger partial charge in [-0.3, -0.25) is 4.79 Å². The number of carbonyl (C=O) groups is 1. The second kappa shape index (κ2) is 6.49. The first kappa shape index (κ1) is 17.4. The summed E-state index contributed by atoms with van der Waals surface area (Å²) in [6, 6.07) is 6.11. The standard InChI is InChI=1S/C16H19N3O5S/c1-11-15(12(2)24-17-11)25(22,23)19-8-6-18(7-9-19)16(21)13-4-3-5-14(20)10-13/h3-5,10,20H,6-9H2,1-2H3. The molecule has 1 N–H and O–H groups in total. The van der Waals surface area contributed by atoms with Gasteiger partial charge >= 0.3 is 0 Å². The highest BCUT2D eigenvalue weighted by atomic mass is 32.2. The highest BCUT2D eigenvalue weighted by Crippen LogP contribution is 2.24. The van der Waals surface area contributed by atoms with Crippen LogP contribution in [0.4, 0.5) is 0 Å². The molecule has 1 aliphatic heterocycles. The third-order valence-electron chi connectivity index (χ3n) is 4.18. The van der Waals surface area contributed by atoms with Gasteiger partial charge in [0, 0.05) is 31.7 Å². The van der Waals surface area contributed by atoms with Crippen LogP contribution in [0.15, 0.2) is 33.7 Å². The summed E-state index contributed by atoms with van der Waals surface area (Å²) in [7, 11) is -3.70. The van der Waals surface area contributed by atoms with E-state index in [1.165, 1.54) is 16.4 Å². The Hall–Kier alpha value is -2.39. The molecule has 8 nitrogen and oxygen atoms in total. The number of phenols is 1. The summed E-state index contributed by atoms with van der Waals surface area (Å²) in [4.78, 5) is 14.1. The van der Waals surface area contributed by atoms with Crippen LogP contribution in [-0.4, -0.2) is 60.0 Å². The molecular weight excluding hydrogens is 346 g/mol. The lowest BCUT2D eigenvalue weighted by Gasteiger charge is -2.34. The van der Waals surface area contributed by atoms with Gasteiger partial charge in [-0.05, 0) is 32.0 Å². The van der Waals surface area contributed by atoms with E-state index in [1.807, 2.05) is 0 Å². The summed E-state index contributed by atoms with van der Waals surface area (Å²) in [5.74, 6) is 0.0477. The van der Waals surface area contributed by atoms with Crippen LogP contribution in [0, 0.1) is 13.8 Å². The SMILES string of the molecule is Cc1noc(C)c1S(=O)(=O)N1CCN(C(=O)c2cccc(O)c2)CC1. The van der Waals surface area contributed by atoms with Crippen LogP contribution >= 0.6 is 0 Å². The van der Waals surface area contributed by atoms with Gasteiger partial charge in [0.2, 0.25) is 10.0 Å². The lowest BCUT2D eigenvalue weighted by atomic mass is 10.2. The molecule has 9 heteroatoms. The van der Waals surface area contributed by atoms with Gasteiger partial charge in [0.1, 0.15) is 16.3 Å². The Labute approximate surface area is 145 Å². The van der Waals surface area contributed by atoms with Gasteiger partial charge in [-0.15, -0.1) is 0 Å². The van der Waals surface area contributed by atoms with Crippen molar-refractivity contribution in [1.29, 1.82) is 0 Å². The molecule has 1 amide bonds. The molecule has 2 heterocycles. The van der Waals surface area contributed by atoms with Gasteiger partial charge in [0.15, 0.2) is 5.76 Å². The summed E-state index contributed by atoms with van der Waals surface area (Å²) in [5, 5.41) is 13.2. The minimum absolute atomic E-state index is 0.0190. The van der Waals surface area contributed by atoms with Crippen molar-refractivity contribution < 1.29 is 22.8 Å². The van der Waals surface area contributed by atoms with E-state index in [0.717, 1.165) is 0 Å². The van der Waals surface area contributed by atoms with Crippen LogP contribution in [0.5, 0.6) is 5.75 Å². The Bertz CT molecular complexity index is 879. The minimum Gasteiger partial charge on any atom is -0.508 e. The topological polar surface area (TPSA) is 104 Å². The summed E-state index contributed by atoms with van der Waals surface area (Å²) in [6.45, 7) is 4.08. The molecule has 0 bridgehead atoms. The van der Waals surface area contributed by atoms with Crippen molar-refractivity contribution in [2.45, 2.75) is 18.7 Å². The molecule has 0 aliphatic carbocycles. The number of carbonyl (C=O) groups excluding carboxylic acids is 1. The lowest BCUT2D eigenvalue weighted by molar-refractivity contribution is 0.0697. The van der Waals surface area contributed by atoms with Crippen LogP contribution in [0.25, 0.3) is 0 Å². The average molecular weight is 365 g/mol. The molecule has 0 atom stereocenters. The smallest absolute Gasteiger partial charge is 0.254 e. The first-order chi connectivity index (χ1) is 11.8. The monoisotopic (exact) mass is 365 g/mol. The molecule has 25 heavy (non-hydrogen) atoms. The Morgan fingerprint density at radius 3 is 2.44 bits per heavy atom. The van der Waals surface area contributed by atoms with Crippen LogP contribution in [-0.2, 0) is 10.0 Å².